The molecule has 0 radical (unpaired) electrons. The van der Waals surface area contributed by atoms with Crippen LogP contribution in [0.3, 0.4) is 0 Å². The molecule has 3 amide bonds. The van der Waals surface area contributed by atoms with Crippen molar-refractivity contribution in [2.45, 2.75) is 44.4 Å². The zero-order valence-corrected chi connectivity index (χ0v) is 26.7. The van der Waals surface area contributed by atoms with Crippen LogP contribution >= 0.6 is 11.3 Å². The third kappa shape index (κ3) is 8.25. The van der Waals surface area contributed by atoms with Gasteiger partial charge in [-0.25, -0.2) is 9.37 Å². The summed E-state index contributed by atoms with van der Waals surface area (Å²) in [4.78, 5) is 45.7. The van der Waals surface area contributed by atoms with E-state index in [1.165, 1.54) is 30.6 Å². The first-order valence-electron chi connectivity index (χ1n) is 15.4. The van der Waals surface area contributed by atoms with Gasteiger partial charge in [0.1, 0.15) is 23.4 Å². The number of ether oxygens (including phenoxy) is 3. The molecule has 10 nitrogen and oxygen atoms in total. The molecule has 3 aromatic carbocycles. The number of halogens is 1. The lowest BCUT2D eigenvalue weighted by molar-refractivity contribution is -0.125. The molecule has 2 aliphatic rings. The molecular weight excluding hydrogens is 623 g/mol. The lowest BCUT2D eigenvalue weighted by atomic mass is 10.0. The number of methoxy groups -OCH3 is 1. The second kappa shape index (κ2) is 14.6. The number of rotatable bonds is 4. The number of nitrogens with one attached hydrogen (secondary N) is 2. The minimum absolute atomic E-state index is 0.122. The van der Waals surface area contributed by atoms with Crippen LogP contribution in [0, 0.1) is 5.82 Å². The van der Waals surface area contributed by atoms with Crippen molar-refractivity contribution in [1.82, 2.24) is 20.5 Å². The monoisotopic (exact) mass is 658 g/mol. The van der Waals surface area contributed by atoms with E-state index in [4.69, 9.17) is 14.2 Å². The molecule has 0 unspecified atom stereocenters. The van der Waals surface area contributed by atoms with E-state index in [1.807, 2.05) is 36.4 Å². The van der Waals surface area contributed by atoms with Gasteiger partial charge in [-0.1, -0.05) is 36.4 Å². The van der Waals surface area contributed by atoms with Crippen LogP contribution in [0.15, 0.2) is 72.1 Å². The summed E-state index contributed by atoms with van der Waals surface area (Å²) in [5.74, 6) is -0.288. The summed E-state index contributed by atoms with van der Waals surface area (Å²) < 4.78 is 32.2. The van der Waals surface area contributed by atoms with Crippen LogP contribution in [0.5, 0.6) is 17.2 Å². The lowest BCUT2D eigenvalue weighted by Gasteiger charge is -2.38. The molecule has 2 atom stereocenters. The number of carbonyl (C=O) groups is 3. The predicted molar refractivity (Wildman–Crippen MR) is 173 cm³/mol. The van der Waals surface area contributed by atoms with Crippen LogP contribution in [-0.4, -0.2) is 66.6 Å². The fourth-order valence-corrected chi connectivity index (χ4v) is 6.51. The first-order valence-corrected chi connectivity index (χ1v) is 16.3. The number of hydrogen-bond acceptors (Lipinski definition) is 8. The first-order chi connectivity index (χ1) is 22.8. The maximum atomic E-state index is 14.7. The van der Waals surface area contributed by atoms with Gasteiger partial charge in [0, 0.05) is 50.3 Å². The summed E-state index contributed by atoms with van der Waals surface area (Å²) in [6, 6.07) is 18.9. The van der Waals surface area contributed by atoms with Crippen LogP contribution < -0.4 is 24.8 Å². The Kier molecular flexibility index (Phi) is 9.96. The van der Waals surface area contributed by atoms with Crippen molar-refractivity contribution in [3.8, 4) is 17.2 Å². The molecule has 4 bridgehead atoms. The fourth-order valence-electron chi connectivity index (χ4n) is 5.71. The molecule has 1 fully saturated rings. The number of aromatic nitrogens is 1. The first kappa shape index (κ1) is 32.0. The molecule has 47 heavy (non-hydrogen) atoms. The van der Waals surface area contributed by atoms with E-state index in [0.717, 1.165) is 16.1 Å². The fraction of sp³-hybridized carbons (Fsp3) is 0.314. The molecule has 12 heteroatoms. The van der Waals surface area contributed by atoms with Crippen molar-refractivity contribution in [2.24, 2.45) is 0 Å². The molecule has 6 rings (SSSR count). The number of benzene rings is 3. The molecule has 2 N–H and O–H groups in total. The molecule has 4 aromatic rings. The largest absolute Gasteiger partial charge is 0.493 e. The van der Waals surface area contributed by atoms with Crippen molar-refractivity contribution in [3.63, 3.8) is 0 Å². The maximum Gasteiger partial charge on any atom is 0.273 e. The van der Waals surface area contributed by atoms with Crippen molar-refractivity contribution in [3.05, 3.63) is 105 Å². The van der Waals surface area contributed by atoms with Crippen LogP contribution in [0.1, 0.15) is 45.0 Å². The van der Waals surface area contributed by atoms with Gasteiger partial charge in [-0.2, -0.15) is 0 Å². The topological polar surface area (TPSA) is 119 Å². The van der Waals surface area contributed by atoms with E-state index < -0.39 is 23.9 Å². The zero-order valence-electron chi connectivity index (χ0n) is 25.9. The van der Waals surface area contributed by atoms with Crippen molar-refractivity contribution in [2.75, 3.05) is 26.8 Å². The predicted octanol–water partition coefficient (Wildman–Crippen LogP) is 4.30. The van der Waals surface area contributed by atoms with Crippen LogP contribution in [0.4, 0.5) is 4.39 Å². The molecular formula is C35H35FN4O6S. The van der Waals surface area contributed by atoms with Crippen molar-refractivity contribution < 1.29 is 33.0 Å². The highest BCUT2D eigenvalue weighted by molar-refractivity contribution is 7.09. The van der Waals surface area contributed by atoms with Gasteiger partial charge in [-0.3, -0.25) is 14.4 Å². The van der Waals surface area contributed by atoms with Gasteiger partial charge in [0.05, 0.1) is 18.2 Å². The van der Waals surface area contributed by atoms with Gasteiger partial charge in [0.2, 0.25) is 5.91 Å². The van der Waals surface area contributed by atoms with E-state index in [9.17, 15) is 18.8 Å². The Bertz CT molecular complexity index is 1750. The number of carbonyl (C=O) groups excluding carboxylic acids is 3. The van der Waals surface area contributed by atoms with Crippen molar-refractivity contribution in [1.29, 1.82) is 0 Å². The summed E-state index contributed by atoms with van der Waals surface area (Å²) >= 11 is 1.43. The Hall–Kier alpha value is -4.97. The number of amides is 3. The highest BCUT2D eigenvalue weighted by Crippen LogP contribution is 2.29. The summed E-state index contributed by atoms with van der Waals surface area (Å²) in [6.07, 6.45) is 1.06. The van der Waals surface area contributed by atoms with Gasteiger partial charge >= 0.3 is 0 Å². The van der Waals surface area contributed by atoms with E-state index in [1.54, 1.807) is 28.5 Å². The normalized spacial score (nSPS) is 18.7. The average molecular weight is 659 g/mol. The maximum absolute atomic E-state index is 14.7. The SMILES string of the molecule is COc1ccc2cc1OCC(=O)N[C@@H]1CN(C(=O)c3csc(Cc4ccccc4)n3)CC[C@H]1Oc1cc(F)cc(c1)CNC(=O)CC2. The van der Waals surface area contributed by atoms with Gasteiger partial charge < -0.3 is 29.7 Å². The number of nitrogens with zero attached hydrogens (tertiary/aromatic N) is 2. The summed E-state index contributed by atoms with van der Waals surface area (Å²) in [7, 11) is 1.51. The molecule has 1 saturated heterocycles. The Labute approximate surface area is 275 Å². The highest BCUT2D eigenvalue weighted by Gasteiger charge is 2.35. The molecule has 3 heterocycles. The molecule has 1 aromatic heterocycles. The quantitative estimate of drug-likeness (QED) is 0.336. The van der Waals surface area contributed by atoms with Gasteiger partial charge in [0.25, 0.3) is 11.8 Å². The van der Waals surface area contributed by atoms with Crippen molar-refractivity contribution >= 4 is 29.1 Å². The number of thiazole rings is 1. The minimum atomic E-state index is -0.634. The molecule has 244 valence electrons. The Morgan fingerprint density at radius 3 is 2.74 bits per heavy atom. The van der Waals surface area contributed by atoms with Crippen LogP contribution in [0.25, 0.3) is 0 Å². The number of aryl methyl sites for hydroxylation is 1. The van der Waals surface area contributed by atoms with E-state index in [0.29, 0.717) is 48.6 Å². The van der Waals surface area contributed by atoms with Crippen LogP contribution in [0.2, 0.25) is 0 Å². The lowest BCUT2D eigenvalue weighted by Crippen LogP contribution is -2.58. The number of likely N-dealkylation sites (tertiary alicyclic amines) is 1. The smallest absolute Gasteiger partial charge is 0.273 e. The number of fused-ring (bicyclic) bond motifs is 5. The molecule has 0 aliphatic carbocycles. The Balaban J connectivity index is 1.22. The third-order valence-electron chi connectivity index (χ3n) is 8.09. The van der Waals surface area contributed by atoms with Gasteiger partial charge in [-0.15, -0.1) is 11.3 Å². The second-order valence-corrected chi connectivity index (χ2v) is 12.4. The number of piperidine rings is 1. The number of hydrogen-bond donors (Lipinski definition) is 2. The van der Waals surface area contributed by atoms with E-state index in [-0.39, 0.29) is 43.7 Å². The zero-order chi connectivity index (χ0) is 32.8. The summed E-state index contributed by atoms with van der Waals surface area (Å²) in [6.45, 7) is 0.297. The minimum Gasteiger partial charge on any atom is -0.493 e. The molecule has 0 spiro atoms. The molecule has 2 aliphatic heterocycles. The second-order valence-electron chi connectivity index (χ2n) is 11.5. The van der Waals surface area contributed by atoms with Gasteiger partial charge in [-0.05, 0) is 47.4 Å². The molecule has 0 saturated carbocycles. The van der Waals surface area contributed by atoms with E-state index >= 15 is 0 Å². The van der Waals surface area contributed by atoms with Gasteiger partial charge in [0.15, 0.2) is 18.1 Å². The Morgan fingerprint density at radius 1 is 1.06 bits per heavy atom. The van der Waals surface area contributed by atoms with E-state index in [2.05, 4.69) is 15.6 Å². The standard InChI is InChI=1S/C35H35FN4O6S/c1-44-30-9-7-23-8-10-32(41)37-18-24-13-25(36)17-26(14-24)46-29-11-12-40(19-27(29)38-33(42)20-45-31(30)15-23)35(43)28-21-47-34(39-28)16-22-5-3-2-4-6-22/h2-7,9,13-15,17,21,27,29H,8,10-12,16,18-20H2,1H3,(H,37,41)(H,38,42)/t27-,29-/m1/s1. The van der Waals surface area contributed by atoms with Crippen LogP contribution in [-0.2, 0) is 29.0 Å². The third-order valence-corrected chi connectivity index (χ3v) is 8.94. The Morgan fingerprint density at radius 2 is 1.91 bits per heavy atom. The highest BCUT2D eigenvalue weighted by atomic mass is 32.1. The summed E-state index contributed by atoms with van der Waals surface area (Å²) in [5.41, 5.74) is 2.82. The average Bonchev–Trinajstić information content (AvgIpc) is 3.54. The summed E-state index contributed by atoms with van der Waals surface area (Å²) in [5, 5.41) is 8.41.